The topological polar surface area (TPSA) is 91.4 Å². The molecule has 3 amide bonds. The molecule has 0 saturated carbocycles. The molecule has 0 saturated heterocycles. The van der Waals surface area contributed by atoms with Crippen LogP contribution in [0.3, 0.4) is 0 Å². The lowest BCUT2D eigenvalue weighted by Gasteiger charge is -2.09. The fourth-order valence-electron chi connectivity index (χ4n) is 2.74. The van der Waals surface area contributed by atoms with Gasteiger partial charge in [0.25, 0.3) is 11.8 Å². The van der Waals surface area contributed by atoms with E-state index in [-0.39, 0.29) is 17.7 Å². The zero-order valence-electron chi connectivity index (χ0n) is 14.9. The first-order valence-corrected chi connectivity index (χ1v) is 9.10. The Morgan fingerprint density at radius 1 is 1.27 bits per heavy atom. The molecule has 1 aromatic heterocycles. The zero-order valence-corrected chi connectivity index (χ0v) is 15.7. The smallest absolute Gasteiger partial charge is 0.265 e. The molecule has 2 aromatic rings. The summed E-state index contributed by atoms with van der Waals surface area (Å²) >= 11 is 1.16. The lowest BCUT2D eigenvalue weighted by Crippen LogP contribution is -2.21. The molecule has 0 spiro atoms. The Kier molecular flexibility index (Phi) is 5.03. The number of thiazole rings is 1. The largest absolute Gasteiger partial charge is 0.344 e. The molecule has 1 aliphatic heterocycles. The van der Waals surface area contributed by atoms with Gasteiger partial charge in [-0.3, -0.25) is 19.7 Å². The van der Waals surface area contributed by atoms with Crippen LogP contribution in [0.1, 0.15) is 44.1 Å². The Hall–Kier alpha value is -2.74. The van der Waals surface area contributed by atoms with E-state index in [1.807, 2.05) is 0 Å². The van der Waals surface area contributed by atoms with Crippen LogP contribution in [0.5, 0.6) is 0 Å². The monoisotopic (exact) mass is 372 g/mol. The van der Waals surface area contributed by atoms with Gasteiger partial charge < -0.3 is 10.2 Å². The molecule has 136 valence electrons. The SMILES string of the molecule is Cc1nc(NC(=O)c2ccc3c(c2)CCCC(=O)N3)sc1C(=O)N(C)C. The molecule has 0 atom stereocenters. The van der Waals surface area contributed by atoms with Crippen LogP contribution in [0.15, 0.2) is 18.2 Å². The Morgan fingerprint density at radius 2 is 2.04 bits per heavy atom. The summed E-state index contributed by atoms with van der Waals surface area (Å²) in [6.07, 6.45) is 1.98. The average molecular weight is 372 g/mol. The van der Waals surface area contributed by atoms with Crippen LogP contribution >= 0.6 is 11.3 Å². The van der Waals surface area contributed by atoms with Crippen LogP contribution < -0.4 is 10.6 Å². The van der Waals surface area contributed by atoms with Crippen LogP contribution in [-0.2, 0) is 11.2 Å². The summed E-state index contributed by atoms with van der Waals surface area (Å²) in [7, 11) is 3.35. The van der Waals surface area contributed by atoms with E-state index < -0.39 is 0 Å². The van der Waals surface area contributed by atoms with Gasteiger partial charge >= 0.3 is 0 Å². The Morgan fingerprint density at radius 3 is 2.77 bits per heavy atom. The summed E-state index contributed by atoms with van der Waals surface area (Å²) in [6, 6.07) is 5.22. The second-order valence-electron chi connectivity index (χ2n) is 6.36. The lowest BCUT2D eigenvalue weighted by atomic mass is 10.0. The summed E-state index contributed by atoms with van der Waals surface area (Å²) in [5.74, 6) is -0.431. The summed E-state index contributed by atoms with van der Waals surface area (Å²) < 4.78 is 0. The third kappa shape index (κ3) is 3.75. The highest BCUT2D eigenvalue weighted by atomic mass is 32.1. The molecule has 2 N–H and O–H groups in total. The van der Waals surface area contributed by atoms with Gasteiger partial charge in [-0.2, -0.15) is 0 Å². The third-order valence-corrected chi connectivity index (χ3v) is 5.17. The summed E-state index contributed by atoms with van der Waals surface area (Å²) in [5.41, 5.74) is 2.79. The van der Waals surface area contributed by atoms with E-state index in [0.29, 0.717) is 27.7 Å². The number of nitrogens with zero attached hydrogens (tertiary/aromatic N) is 2. The van der Waals surface area contributed by atoms with Gasteiger partial charge in [-0.1, -0.05) is 11.3 Å². The van der Waals surface area contributed by atoms with Crippen molar-refractivity contribution in [2.75, 3.05) is 24.7 Å². The van der Waals surface area contributed by atoms with Gasteiger partial charge in [0, 0.05) is 31.8 Å². The van der Waals surface area contributed by atoms with Crippen molar-refractivity contribution in [3.8, 4) is 0 Å². The predicted octanol–water partition coefficient (Wildman–Crippen LogP) is 2.68. The molecule has 1 aliphatic rings. The second kappa shape index (κ2) is 7.25. The van der Waals surface area contributed by atoms with E-state index in [0.717, 1.165) is 35.4 Å². The van der Waals surface area contributed by atoms with Crippen molar-refractivity contribution in [3.63, 3.8) is 0 Å². The van der Waals surface area contributed by atoms with Crippen molar-refractivity contribution < 1.29 is 14.4 Å². The number of carbonyl (C=O) groups excluding carboxylic acids is 3. The third-order valence-electron chi connectivity index (χ3n) is 4.11. The van der Waals surface area contributed by atoms with Gasteiger partial charge in [0.05, 0.1) is 5.69 Å². The lowest BCUT2D eigenvalue weighted by molar-refractivity contribution is -0.116. The molecule has 0 bridgehead atoms. The molecule has 1 aromatic carbocycles. The van der Waals surface area contributed by atoms with Gasteiger partial charge in [-0.05, 0) is 43.5 Å². The fourth-order valence-corrected chi connectivity index (χ4v) is 3.72. The summed E-state index contributed by atoms with van der Waals surface area (Å²) in [5, 5.41) is 5.99. The van der Waals surface area contributed by atoms with Gasteiger partial charge in [0.15, 0.2) is 5.13 Å². The Balaban J connectivity index is 1.79. The van der Waals surface area contributed by atoms with E-state index in [4.69, 9.17) is 0 Å². The molecule has 0 fully saturated rings. The number of aromatic nitrogens is 1. The minimum absolute atomic E-state index is 0.00250. The fraction of sp³-hybridized carbons (Fsp3) is 0.333. The molecule has 7 nitrogen and oxygen atoms in total. The van der Waals surface area contributed by atoms with Crippen molar-refractivity contribution in [3.05, 3.63) is 39.9 Å². The number of nitrogens with one attached hydrogen (secondary N) is 2. The normalized spacial score (nSPS) is 13.4. The number of amides is 3. The Labute approximate surface area is 155 Å². The summed E-state index contributed by atoms with van der Waals surface area (Å²) in [6.45, 7) is 1.74. The number of carbonyl (C=O) groups is 3. The van der Waals surface area contributed by atoms with Gasteiger partial charge in [0.1, 0.15) is 4.88 Å². The first-order valence-electron chi connectivity index (χ1n) is 8.28. The van der Waals surface area contributed by atoms with E-state index in [2.05, 4.69) is 15.6 Å². The van der Waals surface area contributed by atoms with Crippen molar-refractivity contribution in [1.82, 2.24) is 9.88 Å². The molecule has 8 heteroatoms. The van der Waals surface area contributed by atoms with Crippen LogP contribution in [-0.4, -0.2) is 41.7 Å². The minimum Gasteiger partial charge on any atom is -0.344 e. The second-order valence-corrected chi connectivity index (χ2v) is 7.36. The molecule has 0 radical (unpaired) electrons. The van der Waals surface area contributed by atoms with Crippen molar-refractivity contribution >= 4 is 39.9 Å². The first-order chi connectivity index (χ1) is 12.3. The number of anilines is 2. The highest BCUT2D eigenvalue weighted by Gasteiger charge is 2.19. The van der Waals surface area contributed by atoms with E-state index >= 15 is 0 Å². The van der Waals surface area contributed by atoms with Crippen molar-refractivity contribution in [2.45, 2.75) is 26.2 Å². The minimum atomic E-state index is -0.291. The maximum atomic E-state index is 12.5. The zero-order chi connectivity index (χ0) is 18.8. The number of hydrogen-bond donors (Lipinski definition) is 2. The van der Waals surface area contributed by atoms with E-state index in [1.54, 1.807) is 39.2 Å². The number of hydrogen-bond acceptors (Lipinski definition) is 5. The number of fused-ring (bicyclic) bond motifs is 1. The molecular weight excluding hydrogens is 352 g/mol. The molecule has 0 aliphatic carbocycles. The van der Waals surface area contributed by atoms with Gasteiger partial charge in [-0.25, -0.2) is 4.98 Å². The highest BCUT2D eigenvalue weighted by Crippen LogP contribution is 2.26. The molecule has 2 heterocycles. The number of rotatable bonds is 3. The Bertz CT molecular complexity index is 889. The summed E-state index contributed by atoms with van der Waals surface area (Å²) in [4.78, 5) is 42.5. The number of benzene rings is 1. The van der Waals surface area contributed by atoms with Crippen LogP contribution in [0.2, 0.25) is 0 Å². The molecular formula is C18H20N4O3S. The number of aryl methyl sites for hydroxylation is 2. The van der Waals surface area contributed by atoms with Crippen molar-refractivity contribution in [2.24, 2.45) is 0 Å². The molecule has 3 rings (SSSR count). The average Bonchev–Trinajstić information content (AvgIpc) is 2.83. The van der Waals surface area contributed by atoms with Gasteiger partial charge in [0.2, 0.25) is 5.91 Å². The maximum absolute atomic E-state index is 12.5. The van der Waals surface area contributed by atoms with Crippen LogP contribution in [0.25, 0.3) is 0 Å². The highest BCUT2D eigenvalue weighted by molar-refractivity contribution is 7.17. The quantitative estimate of drug-likeness (QED) is 0.866. The van der Waals surface area contributed by atoms with E-state index in [1.165, 1.54) is 4.90 Å². The standard InChI is InChI=1S/C18H20N4O3S/c1-10-15(17(25)22(2)3)26-18(19-10)21-16(24)12-7-8-13-11(9-12)5-4-6-14(23)20-13/h7-9H,4-6H2,1-3H3,(H,20,23)(H,19,21,24). The van der Waals surface area contributed by atoms with Crippen molar-refractivity contribution in [1.29, 1.82) is 0 Å². The van der Waals surface area contributed by atoms with Crippen LogP contribution in [0.4, 0.5) is 10.8 Å². The molecule has 0 unspecified atom stereocenters. The molecule has 26 heavy (non-hydrogen) atoms. The maximum Gasteiger partial charge on any atom is 0.265 e. The van der Waals surface area contributed by atoms with Gasteiger partial charge in [-0.15, -0.1) is 0 Å². The first kappa shape index (κ1) is 18.1. The van der Waals surface area contributed by atoms with Crippen LogP contribution in [0, 0.1) is 6.92 Å². The van der Waals surface area contributed by atoms with E-state index in [9.17, 15) is 14.4 Å². The predicted molar refractivity (Wildman–Crippen MR) is 101 cm³/mol.